The van der Waals surface area contributed by atoms with Crippen molar-refractivity contribution in [2.24, 2.45) is 11.8 Å². The molecule has 0 fully saturated rings. The molecule has 3 nitrogen and oxygen atoms in total. The standard InChI is InChI=1S/C23H42O3/c1-18(2)9-6-10-19(3)11-7-12-20(4)13-8-14-21(5)15-16-22(25)23(26)17-24/h8,13-15,18-19,22-26H,6-7,9-12,16-17H2,1-5H3/t19?,22?,23-/m0/s1. The van der Waals surface area contributed by atoms with Crippen LogP contribution in [0.5, 0.6) is 0 Å². The maximum absolute atomic E-state index is 9.61. The molecule has 152 valence electrons. The van der Waals surface area contributed by atoms with Crippen molar-refractivity contribution in [3.63, 3.8) is 0 Å². The van der Waals surface area contributed by atoms with Gasteiger partial charge in [0.1, 0.15) is 6.10 Å². The maximum atomic E-state index is 9.61. The molecular weight excluding hydrogens is 324 g/mol. The van der Waals surface area contributed by atoms with Crippen LogP contribution in [0.25, 0.3) is 0 Å². The SMILES string of the molecule is CC(C=CC=C(C)CCCC(C)CCCC(C)C)=CCC(O)[C@@H](O)CO. The monoisotopic (exact) mass is 366 g/mol. The van der Waals surface area contributed by atoms with Crippen molar-refractivity contribution in [1.82, 2.24) is 0 Å². The lowest BCUT2D eigenvalue weighted by Crippen LogP contribution is -2.28. The van der Waals surface area contributed by atoms with Crippen LogP contribution in [0.4, 0.5) is 0 Å². The zero-order valence-electron chi connectivity index (χ0n) is 17.6. The first-order valence-corrected chi connectivity index (χ1v) is 10.2. The summed E-state index contributed by atoms with van der Waals surface area (Å²) in [6.45, 7) is 10.7. The summed E-state index contributed by atoms with van der Waals surface area (Å²) in [6.07, 6.45) is 14.2. The van der Waals surface area contributed by atoms with Crippen molar-refractivity contribution < 1.29 is 15.3 Å². The Kier molecular flexibility index (Phi) is 14.7. The minimum absolute atomic E-state index is 0.343. The van der Waals surface area contributed by atoms with Gasteiger partial charge in [0.2, 0.25) is 0 Å². The molecule has 0 saturated heterocycles. The van der Waals surface area contributed by atoms with E-state index in [-0.39, 0.29) is 0 Å². The van der Waals surface area contributed by atoms with E-state index in [1.165, 1.54) is 37.7 Å². The Hall–Kier alpha value is -0.900. The van der Waals surface area contributed by atoms with Crippen LogP contribution in [0.2, 0.25) is 0 Å². The maximum Gasteiger partial charge on any atom is 0.103 e. The fourth-order valence-corrected chi connectivity index (χ4v) is 2.85. The van der Waals surface area contributed by atoms with E-state index in [9.17, 15) is 10.2 Å². The van der Waals surface area contributed by atoms with Gasteiger partial charge in [-0.25, -0.2) is 0 Å². The van der Waals surface area contributed by atoms with Gasteiger partial charge in [-0.1, -0.05) is 81.9 Å². The lowest BCUT2D eigenvalue weighted by Gasteiger charge is -2.13. The molecule has 0 aliphatic carbocycles. The summed E-state index contributed by atoms with van der Waals surface area (Å²) < 4.78 is 0. The minimum Gasteiger partial charge on any atom is -0.394 e. The first-order chi connectivity index (χ1) is 12.3. The zero-order chi connectivity index (χ0) is 19.9. The fraction of sp³-hybridized carbons (Fsp3) is 0.739. The molecule has 0 aliphatic rings. The van der Waals surface area contributed by atoms with Crippen LogP contribution in [0.1, 0.15) is 79.6 Å². The Bertz CT molecular complexity index is 435. The van der Waals surface area contributed by atoms with Gasteiger partial charge in [-0.15, -0.1) is 0 Å². The third-order valence-corrected chi connectivity index (χ3v) is 4.80. The average molecular weight is 367 g/mol. The zero-order valence-corrected chi connectivity index (χ0v) is 17.6. The predicted octanol–water partition coefficient (Wildman–Crippen LogP) is 5.17. The molecule has 3 heteroatoms. The lowest BCUT2D eigenvalue weighted by atomic mass is 9.94. The molecule has 26 heavy (non-hydrogen) atoms. The number of aliphatic hydroxyl groups is 3. The molecule has 0 radical (unpaired) electrons. The number of allylic oxidation sites excluding steroid dienone is 5. The van der Waals surface area contributed by atoms with Gasteiger partial charge in [-0.3, -0.25) is 0 Å². The van der Waals surface area contributed by atoms with Crippen LogP contribution in [0.3, 0.4) is 0 Å². The molecule has 2 unspecified atom stereocenters. The summed E-state index contributed by atoms with van der Waals surface area (Å²) in [7, 11) is 0. The van der Waals surface area contributed by atoms with Crippen molar-refractivity contribution in [1.29, 1.82) is 0 Å². The van der Waals surface area contributed by atoms with Crippen LogP contribution in [-0.2, 0) is 0 Å². The van der Waals surface area contributed by atoms with E-state index in [4.69, 9.17) is 5.11 Å². The number of aliphatic hydroxyl groups excluding tert-OH is 3. The van der Waals surface area contributed by atoms with Gasteiger partial charge in [0.15, 0.2) is 0 Å². The molecule has 0 aromatic rings. The third kappa shape index (κ3) is 14.3. The predicted molar refractivity (Wildman–Crippen MR) is 112 cm³/mol. The lowest BCUT2D eigenvalue weighted by molar-refractivity contribution is -0.0120. The highest BCUT2D eigenvalue weighted by Crippen LogP contribution is 2.19. The van der Waals surface area contributed by atoms with E-state index < -0.39 is 18.8 Å². The van der Waals surface area contributed by atoms with E-state index in [1.54, 1.807) is 0 Å². The van der Waals surface area contributed by atoms with E-state index in [1.807, 2.05) is 25.2 Å². The Balaban J connectivity index is 4.06. The summed E-state index contributed by atoms with van der Waals surface area (Å²) in [6, 6.07) is 0. The quantitative estimate of drug-likeness (QED) is 0.372. The van der Waals surface area contributed by atoms with E-state index in [0.717, 1.165) is 23.8 Å². The second-order valence-corrected chi connectivity index (χ2v) is 8.20. The van der Waals surface area contributed by atoms with Crippen molar-refractivity contribution in [2.75, 3.05) is 6.61 Å². The molecular formula is C23H42O3. The summed E-state index contributed by atoms with van der Waals surface area (Å²) in [5, 5.41) is 27.7. The van der Waals surface area contributed by atoms with Gasteiger partial charge in [-0.05, 0) is 44.9 Å². The van der Waals surface area contributed by atoms with Gasteiger partial charge in [0, 0.05) is 0 Å². The van der Waals surface area contributed by atoms with Gasteiger partial charge in [0.25, 0.3) is 0 Å². The first-order valence-electron chi connectivity index (χ1n) is 10.2. The highest BCUT2D eigenvalue weighted by molar-refractivity contribution is 5.22. The second kappa shape index (κ2) is 15.2. The largest absolute Gasteiger partial charge is 0.394 e. The van der Waals surface area contributed by atoms with Crippen LogP contribution >= 0.6 is 0 Å². The van der Waals surface area contributed by atoms with Crippen molar-refractivity contribution in [3.8, 4) is 0 Å². The first kappa shape index (κ1) is 25.1. The molecule has 0 aromatic carbocycles. The van der Waals surface area contributed by atoms with Crippen LogP contribution in [0.15, 0.2) is 35.5 Å². The van der Waals surface area contributed by atoms with Crippen molar-refractivity contribution >= 4 is 0 Å². The summed E-state index contributed by atoms with van der Waals surface area (Å²) in [5.41, 5.74) is 2.43. The molecule has 3 N–H and O–H groups in total. The third-order valence-electron chi connectivity index (χ3n) is 4.80. The Morgan fingerprint density at radius 2 is 1.58 bits per heavy atom. The second-order valence-electron chi connectivity index (χ2n) is 8.20. The van der Waals surface area contributed by atoms with Crippen LogP contribution < -0.4 is 0 Å². The Morgan fingerprint density at radius 3 is 2.19 bits per heavy atom. The van der Waals surface area contributed by atoms with Gasteiger partial charge >= 0.3 is 0 Å². The highest BCUT2D eigenvalue weighted by atomic mass is 16.4. The molecule has 0 heterocycles. The summed E-state index contributed by atoms with van der Waals surface area (Å²) >= 11 is 0. The molecule has 0 spiro atoms. The van der Waals surface area contributed by atoms with Crippen LogP contribution in [-0.4, -0.2) is 34.1 Å². The topological polar surface area (TPSA) is 60.7 Å². The minimum atomic E-state index is -1.07. The van der Waals surface area contributed by atoms with E-state index in [2.05, 4.69) is 33.8 Å². The molecule has 0 saturated carbocycles. The summed E-state index contributed by atoms with van der Waals surface area (Å²) in [4.78, 5) is 0. The summed E-state index contributed by atoms with van der Waals surface area (Å²) in [5.74, 6) is 1.64. The molecule has 0 rings (SSSR count). The van der Waals surface area contributed by atoms with Gasteiger partial charge in [-0.2, -0.15) is 0 Å². The number of hydrogen-bond donors (Lipinski definition) is 3. The molecule has 0 amide bonds. The van der Waals surface area contributed by atoms with Gasteiger partial charge < -0.3 is 15.3 Å². The Morgan fingerprint density at radius 1 is 0.923 bits per heavy atom. The Labute approximate surface area is 161 Å². The van der Waals surface area contributed by atoms with Crippen LogP contribution in [0, 0.1) is 11.8 Å². The highest BCUT2D eigenvalue weighted by Gasteiger charge is 2.12. The molecule has 0 bridgehead atoms. The molecule has 0 aliphatic heterocycles. The van der Waals surface area contributed by atoms with Crippen molar-refractivity contribution in [2.45, 2.75) is 91.8 Å². The molecule has 3 atom stereocenters. The number of rotatable bonds is 14. The smallest absolute Gasteiger partial charge is 0.103 e. The normalized spacial score (nSPS) is 17.1. The van der Waals surface area contributed by atoms with Crippen molar-refractivity contribution in [3.05, 3.63) is 35.5 Å². The molecule has 0 aromatic heterocycles. The van der Waals surface area contributed by atoms with E-state index in [0.29, 0.717) is 6.42 Å². The van der Waals surface area contributed by atoms with E-state index >= 15 is 0 Å². The van der Waals surface area contributed by atoms with Gasteiger partial charge in [0.05, 0.1) is 12.7 Å². The average Bonchev–Trinajstić information content (AvgIpc) is 2.58. The number of hydrogen-bond acceptors (Lipinski definition) is 3. The fourth-order valence-electron chi connectivity index (χ4n) is 2.85.